The number of hydrogen-bond donors (Lipinski definition) is 3. The fourth-order valence-corrected chi connectivity index (χ4v) is 3.22. The van der Waals surface area contributed by atoms with Crippen molar-refractivity contribution >= 4 is 11.9 Å². The van der Waals surface area contributed by atoms with E-state index in [2.05, 4.69) is 25.9 Å². The van der Waals surface area contributed by atoms with Crippen LogP contribution < -0.4 is 20.7 Å². The molecule has 8 nitrogen and oxygen atoms in total. The molecule has 0 aliphatic heterocycles. The van der Waals surface area contributed by atoms with Gasteiger partial charge in [0, 0.05) is 25.2 Å². The van der Waals surface area contributed by atoms with Crippen molar-refractivity contribution < 1.29 is 13.9 Å². The van der Waals surface area contributed by atoms with Gasteiger partial charge in [0.15, 0.2) is 12.6 Å². The highest BCUT2D eigenvalue weighted by Crippen LogP contribution is 2.19. The Bertz CT molecular complexity index is 1060. The summed E-state index contributed by atoms with van der Waals surface area (Å²) in [6.45, 7) is 1.28. The molecule has 1 saturated carbocycles. The number of nitrogens with one attached hydrogen (secondary N) is 3. The lowest BCUT2D eigenvalue weighted by atomic mass is 10.1. The molecule has 3 aromatic rings. The Hall–Kier alpha value is -3.81. The molecule has 0 saturated heterocycles. The molecular weight excluding hydrogens is 418 g/mol. The number of aromatic nitrogens is 1. The van der Waals surface area contributed by atoms with Gasteiger partial charge in [-0.05, 0) is 49.1 Å². The van der Waals surface area contributed by atoms with Gasteiger partial charge >= 0.3 is 0 Å². The number of hydrogen-bond acceptors (Lipinski definition) is 5. The third kappa shape index (κ3) is 7.10. The van der Waals surface area contributed by atoms with Crippen molar-refractivity contribution in [3.63, 3.8) is 0 Å². The number of guanidine groups is 1. The summed E-state index contributed by atoms with van der Waals surface area (Å²) >= 11 is 0. The molecule has 1 aliphatic carbocycles. The fraction of sp³-hybridized carbons (Fsp3) is 0.320. The van der Waals surface area contributed by atoms with Crippen molar-refractivity contribution in [1.29, 1.82) is 0 Å². The van der Waals surface area contributed by atoms with Crippen LogP contribution in [0.5, 0.6) is 5.75 Å². The highest BCUT2D eigenvalue weighted by molar-refractivity contribution is 5.79. The van der Waals surface area contributed by atoms with Gasteiger partial charge in [0.2, 0.25) is 5.89 Å². The van der Waals surface area contributed by atoms with Crippen LogP contribution in [-0.2, 0) is 17.8 Å². The molecule has 0 atom stereocenters. The SMILES string of the molecule is CN=C(NCCc1ccc(OCC(=O)NC2CC2)cc1)NCc1coc(-c2ccccc2)n1. The average Bonchev–Trinajstić information content (AvgIpc) is 3.54. The van der Waals surface area contributed by atoms with E-state index in [1.807, 2.05) is 54.6 Å². The Morgan fingerprint density at radius 2 is 1.91 bits per heavy atom. The zero-order chi connectivity index (χ0) is 22.9. The third-order valence-corrected chi connectivity index (χ3v) is 5.17. The minimum absolute atomic E-state index is 0.0533. The Morgan fingerprint density at radius 1 is 1.12 bits per heavy atom. The number of rotatable bonds is 10. The van der Waals surface area contributed by atoms with E-state index in [9.17, 15) is 4.79 Å². The minimum atomic E-state index is -0.0634. The van der Waals surface area contributed by atoms with Crippen LogP contribution in [0.3, 0.4) is 0 Å². The molecule has 33 heavy (non-hydrogen) atoms. The quantitative estimate of drug-likeness (QED) is 0.326. The van der Waals surface area contributed by atoms with Gasteiger partial charge in [-0.2, -0.15) is 0 Å². The van der Waals surface area contributed by atoms with Crippen molar-refractivity contribution in [2.24, 2.45) is 4.99 Å². The Balaban J connectivity index is 1.16. The lowest BCUT2D eigenvalue weighted by Crippen LogP contribution is -2.37. The molecule has 172 valence electrons. The second-order valence-corrected chi connectivity index (χ2v) is 7.89. The normalized spacial score (nSPS) is 13.4. The second kappa shape index (κ2) is 11.2. The van der Waals surface area contributed by atoms with Gasteiger partial charge in [-0.25, -0.2) is 4.98 Å². The summed E-state index contributed by atoms with van der Waals surface area (Å²) in [4.78, 5) is 20.5. The van der Waals surface area contributed by atoms with Crippen molar-refractivity contribution in [2.45, 2.75) is 31.8 Å². The zero-order valence-corrected chi connectivity index (χ0v) is 18.7. The summed E-state index contributed by atoms with van der Waals surface area (Å²) in [5, 5.41) is 9.46. The average molecular weight is 448 g/mol. The van der Waals surface area contributed by atoms with Crippen LogP contribution in [-0.4, -0.2) is 43.1 Å². The first-order valence-corrected chi connectivity index (χ1v) is 11.1. The summed E-state index contributed by atoms with van der Waals surface area (Å²) in [5.74, 6) is 1.93. The van der Waals surface area contributed by atoms with E-state index in [0.717, 1.165) is 42.6 Å². The molecule has 0 radical (unpaired) electrons. The van der Waals surface area contributed by atoms with Crippen LogP contribution in [0.1, 0.15) is 24.1 Å². The maximum absolute atomic E-state index is 11.7. The maximum Gasteiger partial charge on any atom is 0.258 e. The topological polar surface area (TPSA) is 101 Å². The molecule has 1 fully saturated rings. The molecule has 4 rings (SSSR count). The second-order valence-electron chi connectivity index (χ2n) is 7.89. The molecular formula is C25H29N5O3. The minimum Gasteiger partial charge on any atom is -0.484 e. The standard InChI is InChI=1S/C25H29N5O3/c1-26-25(28-15-21-16-33-24(30-21)19-5-3-2-4-6-19)27-14-13-18-7-11-22(12-8-18)32-17-23(31)29-20-9-10-20/h2-8,11-12,16,20H,9-10,13-15,17H2,1H3,(H,29,31)(H2,26,27,28). The predicted molar refractivity (Wildman–Crippen MR) is 127 cm³/mol. The summed E-state index contributed by atoms with van der Waals surface area (Å²) < 4.78 is 11.1. The lowest BCUT2D eigenvalue weighted by Gasteiger charge is -2.11. The highest BCUT2D eigenvalue weighted by Gasteiger charge is 2.23. The molecule has 1 aliphatic rings. The number of carbonyl (C=O) groups excluding carboxylic acids is 1. The predicted octanol–water partition coefficient (Wildman–Crippen LogP) is 2.91. The number of ether oxygens (including phenoxy) is 1. The van der Waals surface area contributed by atoms with Gasteiger partial charge in [-0.3, -0.25) is 9.79 Å². The monoisotopic (exact) mass is 447 g/mol. The van der Waals surface area contributed by atoms with Crippen molar-refractivity contribution in [3.05, 3.63) is 72.1 Å². The molecule has 8 heteroatoms. The van der Waals surface area contributed by atoms with Crippen molar-refractivity contribution in [1.82, 2.24) is 20.9 Å². The van der Waals surface area contributed by atoms with Gasteiger partial charge in [0.25, 0.3) is 5.91 Å². The number of carbonyl (C=O) groups is 1. The van der Waals surface area contributed by atoms with Crippen LogP contribution in [0.2, 0.25) is 0 Å². The lowest BCUT2D eigenvalue weighted by molar-refractivity contribution is -0.123. The molecule has 0 bridgehead atoms. The molecule has 0 spiro atoms. The van der Waals surface area contributed by atoms with E-state index in [1.54, 1.807) is 13.3 Å². The fourth-order valence-electron chi connectivity index (χ4n) is 3.22. The van der Waals surface area contributed by atoms with Crippen LogP contribution in [0.25, 0.3) is 11.5 Å². The molecule has 3 N–H and O–H groups in total. The van der Waals surface area contributed by atoms with Gasteiger partial charge in [-0.1, -0.05) is 30.3 Å². The van der Waals surface area contributed by atoms with E-state index in [1.165, 1.54) is 0 Å². The van der Waals surface area contributed by atoms with Crippen molar-refractivity contribution in [2.75, 3.05) is 20.2 Å². The van der Waals surface area contributed by atoms with E-state index >= 15 is 0 Å². The molecule has 1 heterocycles. The van der Waals surface area contributed by atoms with Crippen LogP contribution in [0, 0.1) is 0 Å². The first-order valence-electron chi connectivity index (χ1n) is 11.1. The van der Waals surface area contributed by atoms with Gasteiger partial charge in [-0.15, -0.1) is 0 Å². The van der Waals surface area contributed by atoms with Crippen LogP contribution in [0.15, 0.2) is 70.3 Å². The summed E-state index contributed by atoms with van der Waals surface area (Å²) in [5.41, 5.74) is 2.92. The van der Waals surface area contributed by atoms with E-state index in [-0.39, 0.29) is 12.5 Å². The third-order valence-electron chi connectivity index (χ3n) is 5.17. The Kier molecular flexibility index (Phi) is 7.58. The summed E-state index contributed by atoms with van der Waals surface area (Å²) in [6.07, 6.45) is 4.63. The smallest absolute Gasteiger partial charge is 0.258 e. The van der Waals surface area contributed by atoms with E-state index in [4.69, 9.17) is 9.15 Å². The number of oxazole rings is 1. The van der Waals surface area contributed by atoms with Gasteiger partial charge < -0.3 is 25.1 Å². The number of amides is 1. The van der Waals surface area contributed by atoms with E-state index < -0.39 is 0 Å². The summed E-state index contributed by atoms with van der Waals surface area (Å²) in [7, 11) is 1.74. The van der Waals surface area contributed by atoms with Crippen LogP contribution in [0.4, 0.5) is 0 Å². The molecule has 0 unspecified atom stereocenters. The zero-order valence-electron chi connectivity index (χ0n) is 18.7. The number of nitrogens with zero attached hydrogens (tertiary/aromatic N) is 2. The Labute approximate surface area is 193 Å². The van der Waals surface area contributed by atoms with Crippen LogP contribution >= 0.6 is 0 Å². The van der Waals surface area contributed by atoms with Crippen molar-refractivity contribution in [3.8, 4) is 17.2 Å². The molecule has 1 amide bonds. The number of aliphatic imine (C=N–C) groups is 1. The van der Waals surface area contributed by atoms with Gasteiger partial charge in [0.1, 0.15) is 12.0 Å². The summed E-state index contributed by atoms with van der Waals surface area (Å²) in [6, 6.07) is 18.0. The number of benzene rings is 2. The maximum atomic E-state index is 11.7. The highest BCUT2D eigenvalue weighted by atomic mass is 16.5. The first kappa shape index (κ1) is 22.4. The largest absolute Gasteiger partial charge is 0.484 e. The Morgan fingerprint density at radius 3 is 2.64 bits per heavy atom. The molecule has 1 aromatic heterocycles. The first-order chi connectivity index (χ1) is 16.2. The van der Waals surface area contributed by atoms with Gasteiger partial charge in [0.05, 0.1) is 12.2 Å². The molecule has 2 aromatic carbocycles. The van der Waals surface area contributed by atoms with E-state index in [0.29, 0.717) is 30.2 Å².